The average Bonchev–Trinajstić information content (AvgIpc) is 2.49. The molecule has 0 amide bonds. The van der Waals surface area contributed by atoms with E-state index in [-0.39, 0.29) is 11.2 Å². The summed E-state index contributed by atoms with van der Waals surface area (Å²) in [6.45, 7) is 4.36. The van der Waals surface area contributed by atoms with Gasteiger partial charge in [0.05, 0.1) is 5.25 Å². The van der Waals surface area contributed by atoms with Crippen LogP contribution in [0.15, 0.2) is 0 Å². The summed E-state index contributed by atoms with van der Waals surface area (Å²) in [6.07, 6.45) is 11.8. The van der Waals surface area contributed by atoms with E-state index in [2.05, 4.69) is 26.5 Å². The van der Waals surface area contributed by atoms with E-state index < -0.39 is 6.29 Å². The lowest BCUT2D eigenvalue weighted by molar-refractivity contribution is -0.174. The largest absolute Gasteiger partial charge is 0.435 e. The number of methoxy groups -OCH3 is 1. The number of esters is 1. The van der Waals surface area contributed by atoms with Crippen LogP contribution in [0.5, 0.6) is 0 Å². The molecule has 0 saturated heterocycles. The smallest absolute Gasteiger partial charge is 0.321 e. The van der Waals surface area contributed by atoms with E-state index in [1.54, 1.807) is 7.11 Å². The molecule has 126 valence electrons. The van der Waals surface area contributed by atoms with E-state index >= 15 is 0 Å². The fourth-order valence-corrected chi connectivity index (χ4v) is 2.47. The third kappa shape index (κ3) is 12.0. The van der Waals surface area contributed by atoms with Gasteiger partial charge in [-0.3, -0.25) is 4.79 Å². The zero-order valence-electron chi connectivity index (χ0n) is 14.1. The zero-order chi connectivity index (χ0) is 15.9. The average molecular weight is 319 g/mol. The standard InChI is InChI=1S/C17H34O3S/c1-4-6-8-9-10-12-14-16(19-3)20-17(18)15(21)13-11-7-5-2/h15-16,21H,4-14H2,1-3H3. The van der Waals surface area contributed by atoms with Gasteiger partial charge in [-0.2, -0.15) is 12.6 Å². The molecule has 0 aromatic carbocycles. The Morgan fingerprint density at radius 2 is 1.43 bits per heavy atom. The summed E-state index contributed by atoms with van der Waals surface area (Å²) in [7, 11) is 1.60. The van der Waals surface area contributed by atoms with Crippen molar-refractivity contribution in [2.24, 2.45) is 0 Å². The Balaban J connectivity index is 3.77. The third-order valence-electron chi connectivity index (χ3n) is 3.66. The Kier molecular flexibility index (Phi) is 14.6. The lowest BCUT2D eigenvalue weighted by Gasteiger charge is -2.18. The first-order chi connectivity index (χ1) is 10.2. The highest BCUT2D eigenvalue weighted by molar-refractivity contribution is 7.81. The van der Waals surface area contributed by atoms with E-state index in [1.807, 2.05) is 0 Å². The van der Waals surface area contributed by atoms with E-state index in [4.69, 9.17) is 9.47 Å². The summed E-state index contributed by atoms with van der Waals surface area (Å²) in [5.74, 6) is -0.243. The van der Waals surface area contributed by atoms with Crippen LogP contribution >= 0.6 is 12.6 Å². The molecule has 0 saturated carbocycles. The SMILES string of the molecule is CCCCCCCCC(OC)OC(=O)C(S)CCCCC. The minimum Gasteiger partial charge on any atom is -0.435 e. The van der Waals surface area contributed by atoms with Crippen LogP contribution in [-0.2, 0) is 14.3 Å². The number of rotatable bonds is 14. The van der Waals surface area contributed by atoms with Crippen LogP contribution in [0.3, 0.4) is 0 Å². The first-order valence-corrected chi connectivity index (χ1v) is 9.08. The Bertz CT molecular complexity index is 246. The number of unbranched alkanes of at least 4 members (excludes halogenated alkanes) is 7. The van der Waals surface area contributed by atoms with Crippen molar-refractivity contribution in [2.75, 3.05) is 7.11 Å². The molecule has 0 N–H and O–H groups in total. The second-order valence-electron chi connectivity index (χ2n) is 5.67. The molecule has 0 bridgehead atoms. The first kappa shape index (κ1) is 20.8. The molecule has 21 heavy (non-hydrogen) atoms. The summed E-state index contributed by atoms with van der Waals surface area (Å²) in [5, 5.41) is -0.321. The zero-order valence-corrected chi connectivity index (χ0v) is 15.0. The monoisotopic (exact) mass is 318 g/mol. The molecule has 4 heteroatoms. The Hall–Kier alpha value is -0.220. The summed E-state index contributed by atoms with van der Waals surface area (Å²) < 4.78 is 10.6. The highest BCUT2D eigenvalue weighted by Crippen LogP contribution is 2.15. The van der Waals surface area contributed by atoms with E-state index in [9.17, 15) is 4.79 Å². The van der Waals surface area contributed by atoms with Crippen LogP contribution in [0, 0.1) is 0 Å². The van der Waals surface area contributed by atoms with E-state index in [0.29, 0.717) is 0 Å². The van der Waals surface area contributed by atoms with Gasteiger partial charge in [0.2, 0.25) is 6.29 Å². The number of hydrogen-bond donors (Lipinski definition) is 1. The van der Waals surface area contributed by atoms with Gasteiger partial charge in [-0.15, -0.1) is 0 Å². The van der Waals surface area contributed by atoms with Crippen molar-refractivity contribution in [3.05, 3.63) is 0 Å². The van der Waals surface area contributed by atoms with Crippen LogP contribution in [0.4, 0.5) is 0 Å². The van der Waals surface area contributed by atoms with Gasteiger partial charge >= 0.3 is 5.97 Å². The second-order valence-corrected chi connectivity index (χ2v) is 6.29. The number of carbonyl (C=O) groups is 1. The molecule has 0 heterocycles. The third-order valence-corrected chi connectivity index (χ3v) is 4.13. The molecule has 0 aromatic heterocycles. The van der Waals surface area contributed by atoms with Gasteiger partial charge in [-0.05, 0) is 12.8 Å². The van der Waals surface area contributed by atoms with Crippen LogP contribution in [0.1, 0.15) is 84.5 Å². The molecule has 0 aromatic rings. The fraction of sp³-hybridized carbons (Fsp3) is 0.941. The van der Waals surface area contributed by atoms with Gasteiger partial charge in [0, 0.05) is 13.5 Å². The molecule has 0 rings (SSSR count). The second kappa shape index (κ2) is 14.7. The Labute approximate surface area is 136 Å². The maximum atomic E-state index is 11.9. The van der Waals surface area contributed by atoms with Crippen LogP contribution in [0.2, 0.25) is 0 Å². The topological polar surface area (TPSA) is 35.5 Å². The quantitative estimate of drug-likeness (QED) is 0.209. The minimum atomic E-state index is -0.412. The summed E-state index contributed by atoms with van der Waals surface area (Å²) in [6, 6.07) is 0. The van der Waals surface area contributed by atoms with Gasteiger partial charge in [0.25, 0.3) is 0 Å². The highest BCUT2D eigenvalue weighted by Gasteiger charge is 2.19. The summed E-state index contributed by atoms with van der Waals surface area (Å²) in [5.41, 5.74) is 0. The normalized spacial score (nSPS) is 13.9. The fourth-order valence-electron chi connectivity index (χ4n) is 2.23. The van der Waals surface area contributed by atoms with Crippen LogP contribution in [-0.4, -0.2) is 24.6 Å². The molecule has 0 fully saturated rings. The lowest BCUT2D eigenvalue weighted by Crippen LogP contribution is -2.26. The van der Waals surface area contributed by atoms with Gasteiger partial charge in [0.1, 0.15) is 0 Å². The predicted molar refractivity (Wildman–Crippen MR) is 91.8 cm³/mol. The molecular weight excluding hydrogens is 284 g/mol. The van der Waals surface area contributed by atoms with Gasteiger partial charge < -0.3 is 9.47 Å². The van der Waals surface area contributed by atoms with Gasteiger partial charge in [-0.1, -0.05) is 65.2 Å². The van der Waals surface area contributed by atoms with E-state index in [1.165, 1.54) is 32.1 Å². The number of hydrogen-bond acceptors (Lipinski definition) is 4. The van der Waals surface area contributed by atoms with Crippen LogP contribution < -0.4 is 0 Å². The molecule has 2 unspecified atom stereocenters. The number of carbonyl (C=O) groups excluding carboxylic acids is 1. The van der Waals surface area contributed by atoms with Gasteiger partial charge in [0.15, 0.2) is 0 Å². The molecule has 0 aliphatic heterocycles. The van der Waals surface area contributed by atoms with Crippen LogP contribution in [0.25, 0.3) is 0 Å². The lowest BCUT2D eigenvalue weighted by atomic mass is 10.1. The molecule has 0 aliphatic rings. The first-order valence-electron chi connectivity index (χ1n) is 8.57. The van der Waals surface area contributed by atoms with Crippen molar-refractivity contribution in [1.29, 1.82) is 0 Å². The molecular formula is C17H34O3S. The Morgan fingerprint density at radius 1 is 0.905 bits per heavy atom. The molecule has 0 spiro atoms. The summed E-state index contributed by atoms with van der Waals surface area (Å²) >= 11 is 4.33. The van der Waals surface area contributed by atoms with Crippen molar-refractivity contribution < 1.29 is 14.3 Å². The minimum absolute atomic E-state index is 0.243. The highest BCUT2D eigenvalue weighted by atomic mass is 32.1. The van der Waals surface area contributed by atoms with Crippen molar-refractivity contribution in [3.8, 4) is 0 Å². The van der Waals surface area contributed by atoms with Gasteiger partial charge in [-0.25, -0.2) is 0 Å². The molecule has 3 nitrogen and oxygen atoms in total. The predicted octanol–water partition coefficient (Wildman–Crippen LogP) is 5.13. The maximum Gasteiger partial charge on any atom is 0.321 e. The number of thiol groups is 1. The summed E-state index contributed by atoms with van der Waals surface area (Å²) in [4.78, 5) is 11.9. The van der Waals surface area contributed by atoms with Crippen molar-refractivity contribution >= 4 is 18.6 Å². The maximum absolute atomic E-state index is 11.9. The molecule has 2 atom stereocenters. The van der Waals surface area contributed by atoms with E-state index in [0.717, 1.165) is 38.5 Å². The Morgan fingerprint density at radius 3 is 2.05 bits per heavy atom. The van der Waals surface area contributed by atoms with Crippen molar-refractivity contribution in [3.63, 3.8) is 0 Å². The molecule has 0 radical (unpaired) electrons. The number of ether oxygens (including phenoxy) is 2. The van der Waals surface area contributed by atoms with Crippen molar-refractivity contribution in [1.82, 2.24) is 0 Å². The molecule has 0 aliphatic carbocycles. The van der Waals surface area contributed by atoms with Crippen molar-refractivity contribution in [2.45, 2.75) is 96.0 Å².